The summed E-state index contributed by atoms with van der Waals surface area (Å²) < 4.78 is 0. The van der Waals surface area contributed by atoms with Crippen LogP contribution in [0.25, 0.3) is 0 Å². The molecule has 3 nitrogen and oxygen atoms in total. The van der Waals surface area contributed by atoms with Crippen molar-refractivity contribution < 1.29 is 10.3 Å². The second kappa shape index (κ2) is 10.3. The molecule has 0 aliphatic rings. The molecule has 0 aromatic heterocycles. The molecule has 26 heavy (non-hydrogen) atoms. The Bertz CT molecular complexity index is 700. The highest BCUT2D eigenvalue weighted by molar-refractivity contribution is 6.21. The van der Waals surface area contributed by atoms with E-state index in [-0.39, 0.29) is 11.3 Å². The normalized spacial score (nSPS) is 15.5. The van der Waals surface area contributed by atoms with Gasteiger partial charge in [-0.1, -0.05) is 79.5 Å². The number of oxime groups is 1. The van der Waals surface area contributed by atoms with Gasteiger partial charge >= 0.3 is 0 Å². The molecular formula is C22H28ClNO2. The van der Waals surface area contributed by atoms with Crippen LogP contribution >= 0.6 is 11.6 Å². The maximum Gasteiger partial charge on any atom is 0.117 e. The third kappa shape index (κ3) is 5.33. The first kappa shape index (κ1) is 20.5. The van der Waals surface area contributed by atoms with Gasteiger partial charge in [-0.15, -0.1) is 11.6 Å². The number of halogens is 1. The van der Waals surface area contributed by atoms with Crippen molar-refractivity contribution in [3.63, 3.8) is 0 Å². The molecule has 3 atom stereocenters. The van der Waals surface area contributed by atoms with Gasteiger partial charge in [0.05, 0.1) is 11.5 Å². The SMILES string of the molecule is CCCCC(CC(Cl)C(C)O)c1ccccc1C(=NO)c1ccccc1. The summed E-state index contributed by atoms with van der Waals surface area (Å²) in [5.74, 6) is 0.198. The van der Waals surface area contributed by atoms with Crippen molar-refractivity contribution in [1.29, 1.82) is 0 Å². The molecule has 0 radical (unpaired) electrons. The maximum atomic E-state index is 9.85. The average Bonchev–Trinajstić information content (AvgIpc) is 2.67. The van der Waals surface area contributed by atoms with Crippen molar-refractivity contribution in [2.75, 3.05) is 0 Å². The second-order valence-electron chi connectivity index (χ2n) is 6.73. The molecule has 0 spiro atoms. The summed E-state index contributed by atoms with van der Waals surface area (Å²) in [6.07, 6.45) is 3.29. The summed E-state index contributed by atoms with van der Waals surface area (Å²) in [6.45, 7) is 3.89. The van der Waals surface area contributed by atoms with Crippen molar-refractivity contribution in [3.05, 3.63) is 71.3 Å². The number of rotatable bonds is 9. The van der Waals surface area contributed by atoms with Gasteiger partial charge in [0.25, 0.3) is 0 Å². The fourth-order valence-electron chi connectivity index (χ4n) is 3.25. The molecule has 2 aromatic rings. The quantitative estimate of drug-likeness (QED) is 0.261. The monoisotopic (exact) mass is 373 g/mol. The third-order valence-corrected chi connectivity index (χ3v) is 5.29. The van der Waals surface area contributed by atoms with Gasteiger partial charge in [0.1, 0.15) is 5.71 Å². The summed E-state index contributed by atoms with van der Waals surface area (Å²) in [4.78, 5) is 0. The van der Waals surface area contributed by atoms with E-state index in [1.807, 2.05) is 48.5 Å². The van der Waals surface area contributed by atoms with E-state index in [0.29, 0.717) is 12.1 Å². The van der Waals surface area contributed by atoms with Crippen LogP contribution in [0, 0.1) is 0 Å². The number of hydrogen-bond acceptors (Lipinski definition) is 3. The number of unbranched alkanes of at least 4 members (excludes halogenated alkanes) is 1. The Balaban J connectivity index is 2.43. The molecule has 0 fully saturated rings. The van der Waals surface area contributed by atoms with Crippen molar-refractivity contribution >= 4 is 17.3 Å². The van der Waals surface area contributed by atoms with E-state index >= 15 is 0 Å². The predicted octanol–water partition coefficient (Wildman–Crippen LogP) is 5.57. The fourth-order valence-corrected chi connectivity index (χ4v) is 3.47. The smallest absolute Gasteiger partial charge is 0.117 e. The Labute approximate surface area is 161 Å². The minimum atomic E-state index is -0.562. The molecule has 0 heterocycles. The molecule has 3 unspecified atom stereocenters. The zero-order valence-corrected chi connectivity index (χ0v) is 16.2. The molecule has 0 bridgehead atoms. The number of alkyl halides is 1. The minimum Gasteiger partial charge on any atom is -0.410 e. The lowest BCUT2D eigenvalue weighted by molar-refractivity contribution is 0.181. The van der Waals surface area contributed by atoms with Crippen LogP contribution in [-0.4, -0.2) is 27.5 Å². The molecule has 0 aliphatic heterocycles. The van der Waals surface area contributed by atoms with Crippen LogP contribution < -0.4 is 0 Å². The lowest BCUT2D eigenvalue weighted by atomic mass is 9.83. The van der Waals surface area contributed by atoms with Gasteiger partial charge < -0.3 is 10.3 Å². The zero-order chi connectivity index (χ0) is 18.9. The number of aliphatic hydroxyl groups is 1. The van der Waals surface area contributed by atoms with E-state index in [4.69, 9.17) is 11.6 Å². The summed E-state index contributed by atoms with van der Waals surface area (Å²) in [5, 5.41) is 22.8. The van der Waals surface area contributed by atoms with Crippen LogP contribution in [0.3, 0.4) is 0 Å². The van der Waals surface area contributed by atoms with E-state index in [0.717, 1.165) is 36.0 Å². The molecule has 2 rings (SSSR count). The maximum absolute atomic E-state index is 9.85. The highest BCUT2D eigenvalue weighted by Gasteiger charge is 2.23. The molecule has 0 saturated heterocycles. The Morgan fingerprint density at radius 3 is 2.35 bits per heavy atom. The van der Waals surface area contributed by atoms with E-state index < -0.39 is 6.10 Å². The van der Waals surface area contributed by atoms with E-state index in [2.05, 4.69) is 18.1 Å². The molecule has 4 heteroatoms. The van der Waals surface area contributed by atoms with Crippen molar-refractivity contribution in [2.24, 2.45) is 5.16 Å². The first-order valence-electron chi connectivity index (χ1n) is 9.27. The van der Waals surface area contributed by atoms with Crippen LogP contribution in [0.15, 0.2) is 59.8 Å². The largest absolute Gasteiger partial charge is 0.410 e. The number of nitrogens with zero attached hydrogens (tertiary/aromatic N) is 1. The Morgan fingerprint density at radius 2 is 1.73 bits per heavy atom. The zero-order valence-electron chi connectivity index (χ0n) is 15.5. The summed E-state index contributed by atoms with van der Waals surface area (Å²) >= 11 is 6.39. The van der Waals surface area contributed by atoms with Gasteiger partial charge in [0.2, 0.25) is 0 Å². The van der Waals surface area contributed by atoms with Crippen LogP contribution in [0.5, 0.6) is 0 Å². The van der Waals surface area contributed by atoms with Gasteiger partial charge in [-0.25, -0.2) is 0 Å². The van der Waals surface area contributed by atoms with Gasteiger partial charge in [-0.2, -0.15) is 0 Å². The Kier molecular flexibility index (Phi) is 8.14. The minimum absolute atomic E-state index is 0.198. The molecule has 0 aliphatic carbocycles. The first-order chi connectivity index (χ1) is 12.6. The lowest BCUT2D eigenvalue weighted by Gasteiger charge is -2.24. The second-order valence-corrected chi connectivity index (χ2v) is 7.29. The molecule has 0 saturated carbocycles. The van der Waals surface area contributed by atoms with Gasteiger partial charge in [0.15, 0.2) is 0 Å². The summed E-state index contributed by atoms with van der Waals surface area (Å²) in [7, 11) is 0. The summed E-state index contributed by atoms with van der Waals surface area (Å²) in [6, 6.07) is 17.7. The van der Waals surface area contributed by atoms with Gasteiger partial charge in [-0.05, 0) is 31.2 Å². The van der Waals surface area contributed by atoms with Crippen LogP contribution in [-0.2, 0) is 0 Å². The highest BCUT2D eigenvalue weighted by atomic mass is 35.5. The van der Waals surface area contributed by atoms with Crippen LogP contribution in [0.2, 0.25) is 0 Å². The van der Waals surface area contributed by atoms with Crippen molar-refractivity contribution in [3.8, 4) is 0 Å². The fraction of sp³-hybridized carbons (Fsp3) is 0.409. The Morgan fingerprint density at radius 1 is 1.08 bits per heavy atom. The third-order valence-electron chi connectivity index (χ3n) is 4.74. The first-order valence-corrected chi connectivity index (χ1v) is 9.71. The molecular weight excluding hydrogens is 346 g/mol. The van der Waals surface area contributed by atoms with E-state index in [1.54, 1.807) is 6.92 Å². The standard InChI is InChI=1S/C22H28ClNO2/c1-3-4-10-18(15-21(23)16(2)25)19-13-8-9-14-20(19)22(24-26)17-11-6-5-7-12-17/h5-9,11-14,16,18,21,25-26H,3-4,10,15H2,1-2H3. The van der Waals surface area contributed by atoms with Gasteiger partial charge in [-0.3, -0.25) is 0 Å². The number of hydrogen-bond donors (Lipinski definition) is 2. The molecule has 2 aromatic carbocycles. The molecule has 2 N–H and O–H groups in total. The van der Waals surface area contributed by atoms with Gasteiger partial charge in [0, 0.05) is 11.1 Å². The van der Waals surface area contributed by atoms with Crippen LogP contribution in [0.1, 0.15) is 62.1 Å². The number of aliphatic hydroxyl groups excluding tert-OH is 1. The highest BCUT2D eigenvalue weighted by Crippen LogP contribution is 2.33. The predicted molar refractivity (Wildman–Crippen MR) is 109 cm³/mol. The van der Waals surface area contributed by atoms with Crippen molar-refractivity contribution in [2.45, 2.75) is 56.9 Å². The number of benzene rings is 2. The van der Waals surface area contributed by atoms with E-state index in [1.165, 1.54) is 0 Å². The lowest BCUT2D eigenvalue weighted by Crippen LogP contribution is -2.21. The topological polar surface area (TPSA) is 52.8 Å². The molecule has 0 amide bonds. The van der Waals surface area contributed by atoms with Crippen molar-refractivity contribution in [1.82, 2.24) is 0 Å². The Hall–Kier alpha value is -1.84. The van der Waals surface area contributed by atoms with Crippen LogP contribution in [0.4, 0.5) is 0 Å². The molecule has 140 valence electrons. The summed E-state index contributed by atoms with van der Waals surface area (Å²) in [5.41, 5.74) is 3.46. The average molecular weight is 374 g/mol. The van der Waals surface area contributed by atoms with E-state index in [9.17, 15) is 10.3 Å².